The largest absolute Gasteiger partial charge is 0.305 e. The van der Waals surface area contributed by atoms with E-state index < -0.39 is 0 Å². The summed E-state index contributed by atoms with van der Waals surface area (Å²) < 4.78 is 0. The van der Waals surface area contributed by atoms with Crippen molar-refractivity contribution in [1.82, 2.24) is 39.9 Å². The maximum Gasteiger partial charge on any atom is 0.0239 e. The Balaban J connectivity index is 0.000000172. The van der Waals surface area contributed by atoms with Gasteiger partial charge in [-0.3, -0.25) is 0 Å². The maximum absolute atomic E-state index is 4.49. The van der Waals surface area contributed by atoms with E-state index in [0.717, 1.165) is 125 Å². The number of hydrogen-bond acceptors (Lipinski definition) is 8. The van der Waals surface area contributed by atoms with Gasteiger partial charge in [0.25, 0.3) is 0 Å². The van der Waals surface area contributed by atoms with Gasteiger partial charge in [0.2, 0.25) is 0 Å². The Morgan fingerprint density at radius 3 is 0.694 bits per heavy atom. The van der Waals surface area contributed by atoms with E-state index in [-0.39, 0.29) is 80.4 Å². The Morgan fingerprint density at radius 2 is 0.470 bits per heavy atom. The van der Waals surface area contributed by atoms with Gasteiger partial charge in [0, 0.05) is 130 Å². The van der Waals surface area contributed by atoms with Crippen LogP contribution in [0, 0.1) is 61.4 Å². The van der Waals surface area contributed by atoms with Crippen molar-refractivity contribution in [3.8, 4) is 135 Å². The van der Waals surface area contributed by atoms with E-state index in [4.69, 9.17) is 0 Å². The molecule has 0 aliphatic rings. The van der Waals surface area contributed by atoms with E-state index in [9.17, 15) is 0 Å². The first kappa shape index (κ1) is 104. The number of aryl methyl sites for hydroxylation is 2. The zero-order valence-corrected chi connectivity index (χ0v) is 84.9. The van der Waals surface area contributed by atoms with Crippen molar-refractivity contribution in [2.75, 3.05) is 0 Å². The molecule has 0 saturated heterocycles. The summed E-state index contributed by atoms with van der Waals surface area (Å²) in [7, 11) is 0. The fourth-order valence-corrected chi connectivity index (χ4v) is 13.4. The van der Waals surface area contributed by atoms with E-state index in [0.29, 0.717) is 11.8 Å². The number of rotatable bonds is 16. The van der Waals surface area contributed by atoms with E-state index in [1.165, 1.54) is 44.5 Å². The summed E-state index contributed by atoms with van der Waals surface area (Å²) >= 11 is 0. The van der Waals surface area contributed by atoms with Crippen molar-refractivity contribution in [1.29, 1.82) is 0 Å². The predicted octanol–water partition coefficient (Wildman–Crippen LogP) is 30.2. The van der Waals surface area contributed by atoms with Gasteiger partial charge in [-0.15, -0.1) is 287 Å². The predicted molar refractivity (Wildman–Crippen MR) is 537 cm³/mol. The van der Waals surface area contributed by atoms with Gasteiger partial charge in [-0.05, 0) is 145 Å². The van der Waals surface area contributed by atoms with Crippen LogP contribution in [0.15, 0.2) is 462 Å². The molecule has 0 bridgehead atoms. The molecule has 8 heterocycles. The molecule has 0 spiro atoms. The van der Waals surface area contributed by atoms with Gasteiger partial charge in [-0.1, -0.05) is 252 Å². The fraction of sp³-hybridized carbons (Fsp3) is 0.0820. The molecule has 0 N–H and O–H groups in total. The summed E-state index contributed by atoms with van der Waals surface area (Å²) in [5.41, 5.74) is 30.5. The smallest absolute Gasteiger partial charge is 0.0239 e. The van der Waals surface area contributed by atoms with Gasteiger partial charge < -0.3 is 39.9 Å². The maximum atomic E-state index is 4.49. The second-order valence-electron chi connectivity index (χ2n) is 30.8. The number of nitrogens with zero attached hydrogens (tertiary/aromatic N) is 8. The minimum atomic E-state index is 0. The Labute approximate surface area is 846 Å². The average Bonchev–Trinajstić information content (AvgIpc) is 0.835. The molecule has 12 aromatic carbocycles. The first-order chi connectivity index (χ1) is 64.0. The zero-order chi connectivity index (χ0) is 89.8. The quantitative estimate of drug-likeness (QED) is 0.0882. The van der Waals surface area contributed by atoms with Crippen LogP contribution >= 0.6 is 0 Å². The van der Waals surface area contributed by atoms with Crippen molar-refractivity contribution in [3.63, 3.8) is 0 Å². The summed E-state index contributed by atoms with van der Waals surface area (Å²) in [6.07, 6.45) is 17.4. The van der Waals surface area contributed by atoms with Crippen LogP contribution in [0.1, 0.15) is 62.8 Å². The number of hydrogen-bond donors (Lipinski definition) is 0. The minimum absolute atomic E-state index is 0. The van der Waals surface area contributed by atoms with Gasteiger partial charge in [0.05, 0.1) is 0 Å². The molecule has 8 nitrogen and oxygen atoms in total. The third-order valence-electron chi connectivity index (χ3n) is 20.4. The normalized spacial score (nSPS) is 9.97. The van der Waals surface area contributed by atoms with Crippen molar-refractivity contribution < 1.29 is 80.4 Å². The number of pyridine rings is 8. The molecule has 0 aliphatic heterocycles. The molecule has 134 heavy (non-hydrogen) atoms. The molecule has 8 aromatic heterocycles. The van der Waals surface area contributed by atoms with Crippen LogP contribution in [0.25, 0.3) is 135 Å². The Morgan fingerprint density at radius 1 is 0.216 bits per heavy atom. The number of benzene rings is 12. The molecule has 4 radical (unpaired) electrons. The van der Waals surface area contributed by atoms with Crippen LogP contribution in [0.5, 0.6) is 0 Å². The van der Waals surface area contributed by atoms with Gasteiger partial charge >= 0.3 is 0 Å². The first-order valence-corrected chi connectivity index (χ1v) is 43.6. The standard InChI is InChI=1S/4C17H12N.C15H16N.C14H14N.C13H12N.C12H10N.4Ir/c4*1-3-7-14(8-4-1)16-11-12-17(18-13-16)15-9-5-2-6-10-15;1-12(2)10-13-8-9-15(16-11-13)14-6-4-3-5-7-14;1-11(2)13-8-9-14(15-10-13)12-6-4-3-5-7-12;1-2-11-8-9-14-13(10-11)12-6-4-3-5-7-12;1-10-7-8-13-12(9-10)11-5-3-2-4-6-11;;;;/h4*1-9,11-13H;3-6,8-9,11-12H,10H2,1-2H3;3-6,8-11H,1-2H3;3-6,8-10H,2H2,1H3;2-5,7-9H,1H3;;;;/q8*-1;;;;. The number of aromatic nitrogens is 8. The Kier molecular flexibility index (Phi) is 44.8. The van der Waals surface area contributed by atoms with Crippen LogP contribution in [-0.2, 0) is 93.3 Å². The molecule has 20 aromatic rings. The van der Waals surface area contributed by atoms with Crippen molar-refractivity contribution in [2.24, 2.45) is 5.92 Å². The fourth-order valence-electron chi connectivity index (χ4n) is 13.4. The van der Waals surface area contributed by atoms with Gasteiger partial charge in [0.1, 0.15) is 0 Å². The zero-order valence-electron chi connectivity index (χ0n) is 75.4. The SMILES string of the molecule is CC(C)Cc1ccc(-c2[c-]cccc2)nc1.CC(C)c1ccc(-c2[c-]cccc2)nc1.CCc1ccnc(-c2[c-]cccc2)c1.Cc1ccnc(-c2[c-]cccc2)c1.[Ir].[Ir].[Ir].[Ir].[c-]1ccccc1-c1ccc(-c2ccccc2)cn1.[c-]1ccccc1-c1ccc(-c2ccccc2)cn1.[c-]1ccccc1-c1ccc(-c2ccccc2)cn1.[c-]1ccccc1-c1ccc(-c2ccccc2)cn1. The van der Waals surface area contributed by atoms with Crippen molar-refractivity contribution in [3.05, 3.63) is 533 Å². The minimum Gasteiger partial charge on any atom is -0.305 e. The Bertz CT molecular complexity index is 5840. The van der Waals surface area contributed by atoms with E-state index in [1.807, 2.05) is 353 Å². The molecule has 0 aliphatic carbocycles. The summed E-state index contributed by atoms with van der Waals surface area (Å²) in [5.74, 6) is 1.21. The third-order valence-corrected chi connectivity index (χ3v) is 20.4. The molecule has 0 fully saturated rings. The first-order valence-electron chi connectivity index (χ1n) is 43.6. The molecule has 0 saturated carbocycles. The van der Waals surface area contributed by atoms with Crippen LogP contribution in [0.2, 0.25) is 0 Å². The van der Waals surface area contributed by atoms with Crippen LogP contribution in [0.4, 0.5) is 0 Å². The monoisotopic (exact) mass is 2450 g/mol. The Hall–Kier alpha value is -13.6. The molecular formula is C122H100Ir4N8-8. The van der Waals surface area contributed by atoms with Crippen LogP contribution in [-0.4, -0.2) is 39.9 Å². The molecule has 12 heteroatoms. The second kappa shape index (κ2) is 57.7. The summed E-state index contributed by atoms with van der Waals surface area (Å²) in [4.78, 5) is 35.5. The summed E-state index contributed by atoms with van der Waals surface area (Å²) in [6, 6.07) is 163. The van der Waals surface area contributed by atoms with Gasteiger partial charge in [-0.25, -0.2) is 0 Å². The van der Waals surface area contributed by atoms with Crippen molar-refractivity contribution >= 4 is 0 Å². The van der Waals surface area contributed by atoms with Crippen molar-refractivity contribution in [2.45, 2.75) is 60.3 Å². The average molecular weight is 2450 g/mol. The summed E-state index contributed by atoms with van der Waals surface area (Å²) in [6.45, 7) is 13.0. The van der Waals surface area contributed by atoms with E-state index >= 15 is 0 Å². The third kappa shape index (κ3) is 33.6. The molecular weight excluding hydrogens is 2350 g/mol. The molecule has 672 valence electrons. The molecule has 20 rings (SSSR count). The van der Waals surface area contributed by atoms with Crippen LogP contribution in [0.3, 0.4) is 0 Å². The molecule has 0 unspecified atom stereocenters. The van der Waals surface area contributed by atoms with E-state index in [1.54, 1.807) is 0 Å². The molecule has 0 atom stereocenters. The molecule has 0 amide bonds. The topological polar surface area (TPSA) is 103 Å². The van der Waals surface area contributed by atoms with Gasteiger partial charge in [-0.2, -0.15) is 0 Å². The van der Waals surface area contributed by atoms with Crippen LogP contribution < -0.4 is 0 Å². The van der Waals surface area contributed by atoms with Gasteiger partial charge in [0.15, 0.2) is 0 Å². The second-order valence-corrected chi connectivity index (χ2v) is 30.8. The summed E-state index contributed by atoms with van der Waals surface area (Å²) in [5, 5.41) is 0. The van der Waals surface area contributed by atoms with E-state index in [2.05, 4.69) is 239 Å².